The van der Waals surface area contributed by atoms with Crippen LogP contribution in [0.5, 0.6) is 0 Å². The van der Waals surface area contributed by atoms with Gasteiger partial charge in [0.2, 0.25) is 5.91 Å². The second kappa shape index (κ2) is 11.1. The minimum Gasteiger partial charge on any atom is -0.462 e. The number of thioether (sulfide) groups is 1. The Labute approximate surface area is 198 Å². The molecular formula is C21H23N5O5S2. The van der Waals surface area contributed by atoms with E-state index in [9.17, 15) is 14.4 Å². The summed E-state index contributed by atoms with van der Waals surface area (Å²) in [5, 5.41) is 11.8. The number of hydrogen-bond acceptors (Lipinski definition) is 10. The van der Waals surface area contributed by atoms with Gasteiger partial charge in [0.25, 0.3) is 0 Å². The fourth-order valence-electron chi connectivity index (χ4n) is 2.89. The fourth-order valence-corrected chi connectivity index (χ4v) is 4.71. The molecule has 33 heavy (non-hydrogen) atoms. The normalized spacial score (nSPS) is 10.7. The average molecular weight is 490 g/mol. The zero-order valence-electron chi connectivity index (χ0n) is 18.6. The predicted molar refractivity (Wildman–Crippen MR) is 125 cm³/mol. The van der Waals surface area contributed by atoms with E-state index in [0.717, 1.165) is 11.3 Å². The zero-order valence-corrected chi connectivity index (χ0v) is 20.2. The number of nitrogens with one attached hydrogen (secondary N) is 1. The molecule has 3 rings (SSSR count). The summed E-state index contributed by atoms with van der Waals surface area (Å²) in [5.74, 6) is -0.942. The summed E-state index contributed by atoms with van der Waals surface area (Å²) in [6.07, 6.45) is 1.67. The summed E-state index contributed by atoms with van der Waals surface area (Å²) in [4.78, 5) is 41.9. The van der Waals surface area contributed by atoms with Crippen molar-refractivity contribution in [1.29, 1.82) is 0 Å². The molecule has 0 bridgehead atoms. The molecule has 1 amide bonds. The highest BCUT2D eigenvalue weighted by molar-refractivity contribution is 7.99. The molecule has 10 nitrogen and oxygen atoms in total. The van der Waals surface area contributed by atoms with Crippen molar-refractivity contribution in [2.45, 2.75) is 25.9 Å². The quantitative estimate of drug-likeness (QED) is 0.356. The number of pyridine rings is 1. The van der Waals surface area contributed by atoms with E-state index in [1.54, 1.807) is 38.6 Å². The minimum atomic E-state index is -0.613. The largest absolute Gasteiger partial charge is 0.462 e. The van der Waals surface area contributed by atoms with Crippen LogP contribution < -0.4 is 5.32 Å². The van der Waals surface area contributed by atoms with Crippen LogP contribution in [-0.4, -0.2) is 56.6 Å². The van der Waals surface area contributed by atoms with Crippen LogP contribution in [0.15, 0.2) is 29.6 Å². The molecule has 0 saturated carbocycles. The number of carbonyl (C=O) groups is 3. The standard InChI is InChI=1S/C21H23N5O5S2/c1-5-30-19(28)15-12(3)16(20(29)31-6-2)33-18(15)23-14(27)11-32-21-25-24-17(26(21)4)13-9-7-8-10-22-13/h7-10H,5-6,11H2,1-4H3,(H,23,27). The van der Waals surface area contributed by atoms with Crippen molar-refractivity contribution < 1.29 is 23.9 Å². The molecule has 3 heterocycles. The summed E-state index contributed by atoms with van der Waals surface area (Å²) >= 11 is 2.17. The van der Waals surface area contributed by atoms with Gasteiger partial charge in [-0.1, -0.05) is 17.8 Å². The van der Waals surface area contributed by atoms with E-state index in [2.05, 4.69) is 20.5 Å². The number of esters is 2. The number of anilines is 1. The Morgan fingerprint density at radius 1 is 1.12 bits per heavy atom. The molecule has 0 aliphatic rings. The van der Waals surface area contributed by atoms with E-state index in [1.807, 2.05) is 18.2 Å². The number of thiophene rings is 1. The molecule has 0 saturated heterocycles. The Bertz CT molecular complexity index is 1160. The van der Waals surface area contributed by atoms with Gasteiger partial charge in [-0.25, -0.2) is 9.59 Å². The number of amides is 1. The van der Waals surface area contributed by atoms with Gasteiger partial charge in [-0.15, -0.1) is 21.5 Å². The molecule has 174 valence electrons. The van der Waals surface area contributed by atoms with E-state index in [1.165, 1.54) is 11.8 Å². The SMILES string of the molecule is CCOC(=O)c1sc(NC(=O)CSc2nnc(-c3ccccn3)n2C)c(C(=O)OCC)c1C. The molecule has 3 aromatic rings. The summed E-state index contributed by atoms with van der Waals surface area (Å²) in [6, 6.07) is 5.48. The summed E-state index contributed by atoms with van der Waals surface area (Å²) in [5.41, 5.74) is 1.23. The van der Waals surface area contributed by atoms with Gasteiger partial charge in [0.15, 0.2) is 11.0 Å². The van der Waals surface area contributed by atoms with Crippen LogP contribution in [0.4, 0.5) is 5.00 Å². The first kappa shape index (κ1) is 24.4. The highest BCUT2D eigenvalue weighted by atomic mass is 32.2. The lowest BCUT2D eigenvalue weighted by Gasteiger charge is -2.07. The molecule has 0 atom stereocenters. The van der Waals surface area contributed by atoms with Crippen LogP contribution in [0.3, 0.4) is 0 Å². The van der Waals surface area contributed by atoms with Gasteiger partial charge in [0, 0.05) is 13.2 Å². The third-order valence-corrected chi connectivity index (χ3v) is 6.61. The highest BCUT2D eigenvalue weighted by Crippen LogP contribution is 2.34. The van der Waals surface area contributed by atoms with Gasteiger partial charge in [-0.3, -0.25) is 9.78 Å². The van der Waals surface area contributed by atoms with Gasteiger partial charge in [-0.05, 0) is 38.5 Å². The third kappa shape index (κ3) is 5.57. The van der Waals surface area contributed by atoms with Crippen LogP contribution in [-0.2, 0) is 21.3 Å². The minimum absolute atomic E-state index is 0.0160. The lowest BCUT2D eigenvalue weighted by molar-refractivity contribution is -0.113. The van der Waals surface area contributed by atoms with Crippen molar-refractivity contribution >= 4 is 45.9 Å². The predicted octanol–water partition coefficient (Wildman–Crippen LogP) is 3.33. The number of ether oxygens (including phenoxy) is 2. The maximum atomic E-state index is 12.7. The first-order chi connectivity index (χ1) is 15.9. The molecule has 1 N–H and O–H groups in total. The van der Waals surface area contributed by atoms with Crippen molar-refractivity contribution in [2.75, 3.05) is 24.3 Å². The molecule has 0 aromatic carbocycles. The van der Waals surface area contributed by atoms with Gasteiger partial charge in [-0.2, -0.15) is 0 Å². The molecule has 0 unspecified atom stereocenters. The van der Waals surface area contributed by atoms with Crippen molar-refractivity contribution in [3.8, 4) is 11.5 Å². The lowest BCUT2D eigenvalue weighted by Crippen LogP contribution is -2.16. The van der Waals surface area contributed by atoms with E-state index in [4.69, 9.17) is 9.47 Å². The maximum absolute atomic E-state index is 12.7. The van der Waals surface area contributed by atoms with Crippen LogP contribution in [0.2, 0.25) is 0 Å². The van der Waals surface area contributed by atoms with Crippen LogP contribution in [0.25, 0.3) is 11.5 Å². The molecule has 3 aromatic heterocycles. The Kier molecular flexibility index (Phi) is 8.17. The molecule has 0 aliphatic carbocycles. The molecule has 12 heteroatoms. The first-order valence-electron chi connectivity index (χ1n) is 10.1. The summed E-state index contributed by atoms with van der Waals surface area (Å²) in [7, 11) is 1.79. The van der Waals surface area contributed by atoms with Gasteiger partial charge < -0.3 is 19.4 Å². The Hall–Kier alpha value is -3.25. The Balaban J connectivity index is 1.75. The Morgan fingerprint density at radius 3 is 2.52 bits per heavy atom. The molecule has 0 fully saturated rings. The Morgan fingerprint density at radius 2 is 1.85 bits per heavy atom. The number of hydrogen-bond donors (Lipinski definition) is 1. The van der Waals surface area contributed by atoms with E-state index in [0.29, 0.717) is 22.2 Å². The van der Waals surface area contributed by atoms with Gasteiger partial charge >= 0.3 is 11.9 Å². The second-order valence-electron chi connectivity index (χ2n) is 6.62. The van der Waals surface area contributed by atoms with Gasteiger partial charge in [0.1, 0.15) is 15.6 Å². The second-order valence-corrected chi connectivity index (χ2v) is 8.58. The van der Waals surface area contributed by atoms with E-state index < -0.39 is 11.9 Å². The van der Waals surface area contributed by atoms with Crippen molar-refractivity contribution in [3.63, 3.8) is 0 Å². The van der Waals surface area contributed by atoms with E-state index >= 15 is 0 Å². The number of nitrogens with zero attached hydrogens (tertiary/aromatic N) is 4. The lowest BCUT2D eigenvalue weighted by atomic mass is 10.1. The first-order valence-corrected chi connectivity index (χ1v) is 11.9. The topological polar surface area (TPSA) is 125 Å². The number of aromatic nitrogens is 4. The maximum Gasteiger partial charge on any atom is 0.348 e. The van der Waals surface area contributed by atoms with Crippen LogP contribution in [0.1, 0.15) is 39.4 Å². The van der Waals surface area contributed by atoms with Crippen LogP contribution >= 0.6 is 23.1 Å². The zero-order chi connectivity index (χ0) is 24.0. The van der Waals surface area contributed by atoms with Crippen molar-refractivity contribution in [2.24, 2.45) is 7.05 Å². The van der Waals surface area contributed by atoms with E-state index in [-0.39, 0.29) is 40.3 Å². The third-order valence-electron chi connectivity index (χ3n) is 4.40. The summed E-state index contributed by atoms with van der Waals surface area (Å²) in [6.45, 7) is 5.36. The average Bonchev–Trinajstić information content (AvgIpc) is 3.32. The molecular weight excluding hydrogens is 466 g/mol. The van der Waals surface area contributed by atoms with Gasteiger partial charge in [0.05, 0.1) is 24.5 Å². The van der Waals surface area contributed by atoms with Crippen molar-refractivity contribution in [1.82, 2.24) is 19.7 Å². The number of rotatable bonds is 9. The molecule has 0 radical (unpaired) electrons. The monoisotopic (exact) mass is 489 g/mol. The highest BCUT2D eigenvalue weighted by Gasteiger charge is 2.27. The molecule has 0 spiro atoms. The number of carbonyl (C=O) groups excluding carboxylic acids is 3. The smallest absolute Gasteiger partial charge is 0.348 e. The van der Waals surface area contributed by atoms with Crippen molar-refractivity contribution in [3.05, 3.63) is 40.4 Å². The molecule has 0 aliphatic heterocycles. The van der Waals surface area contributed by atoms with Crippen LogP contribution in [0, 0.1) is 6.92 Å². The summed E-state index contributed by atoms with van der Waals surface area (Å²) < 4.78 is 11.9. The fraction of sp³-hybridized carbons (Fsp3) is 0.333.